The average Bonchev–Trinajstić information content (AvgIpc) is 3.22. The standard InChI is InChI=1S/C21H14IN2.I3/c22-14-20-16-10-4-5-11-17(16)21-23(15-8-2-1-3-9-15)18-12-6-7-13-19(18)24(20)21;1-3-2/h1-14H;/q+1;-1/b20-14+;. The van der Waals surface area contributed by atoms with E-state index in [1.165, 1.54) is 38.5 Å². The van der Waals surface area contributed by atoms with E-state index in [1.54, 1.807) is 0 Å². The average molecular weight is 802 g/mol. The Morgan fingerprint density at radius 1 is 0.778 bits per heavy atom. The van der Waals surface area contributed by atoms with Gasteiger partial charge in [-0.25, -0.2) is 0 Å². The Morgan fingerprint density at radius 3 is 2.07 bits per heavy atom. The normalized spacial score (nSPS) is 12.0. The molecule has 0 amide bonds. The molecule has 0 aliphatic rings. The molecular weight excluding hydrogens is 788 g/mol. The van der Waals surface area contributed by atoms with E-state index in [0.29, 0.717) is 13.3 Å². The first kappa shape index (κ1) is 20.1. The Balaban J connectivity index is 0.000000565. The molecule has 5 rings (SSSR count). The Kier molecular flexibility index (Phi) is 6.75. The van der Waals surface area contributed by atoms with Gasteiger partial charge in [0.25, 0.3) is 0 Å². The maximum atomic E-state index is 2.39. The number of rotatable bonds is 1. The van der Waals surface area contributed by atoms with Crippen LogP contribution in [0.2, 0.25) is 0 Å². The molecule has 2 aromatic heterocycles. The Morgan fingerprint density at radius 2 is 1.37 bits per heavy atom. The molecule has 27 heavy (non-hydrogen) atoms. The molecule has 0 aliphatic carbocycles. The van der Waals surface area contributed by atoms with Crippen molar-refractivity contribution in [1.82, 2.24) is 4.40 Å². The summed E-state index contributed by atoms with van der Waals surface area (Å²) < 4.78 is 6.91. The summed E-state index contributed by atoms with van der Waals surface area (Å²) in [5.74, 6) is 0. The van der Waals surface area contributed by atoms with Crippen LogP contribution in [0.15, 0.2) is 78.9 Å². The number of aromatic nitrogens is 2. The molecule has 2 heterocycles. The van der Waals surface area contributed by atoms with Crippen LogP contribution in [-0.2, 0) is 0 Å². The van der Waals surface area contributed by atoms with Crippen molar-refractivity contribution in [2.24, 2.45) is 0 Å². The molecule has 0 saturated carbocycles. The minimum absolute atomic E-state index is 0.530. The second-order valence-corrected chi connectivity index (χ2v) is 22.8. The molecule has 136 valence electrons. The van der Waals surface area contributed by atoms with Crippen molar-refractivity contribution >= 4 is 91.4 Å². The minimum atomic E-state index is 0.530. The van der Waals surface area contributed by atoms with E-state index in [1.807, 2.05) is 0 Å². The zero-order valence-electron chi connectivity index (χ0n) is 14.0. The number of hydrogen-bond acceptors (Lipinski definition) is 0. The molecule has 0 saturated heterocycles. The van der Waals surface area contributed by atoms with E-state index in [0.717, 1.165) is 0 Å². The summed E-state index contributed by atoms with van der Waals surface area (Å²) >= 11 is 7.65. The molecule has 0 N–H and O–H groups in total. The number of benzene rings is 3. The Hall–Kier alpha value is -0.210. The molecule has 0 atom stereocenters. The zero-order chi connectivity index (χ0) is 18.8. The summed E-state index contributed by atoms with van der Waals surface area (Å²) in [5, 5.41) is 3.81. The van der Waals surface area contributed by atoms with Gasteiger partial charge >= 0.3 is 56.1 Å². The van der Waals surface area contributed by atoms with E-state index in [-0.39, 0.29) is 0 Å². The number of imidazole rings is 1. The van der Waals surface area contributed by atoms with Crippen LogP contribution in [-0.4, -0.2) is 4.40 Å². The van der Waals surface area contributed by atoms with Gasteiger partial charge in [0, 0.05) is 9.47 Å². The summed E-state index contributed by atoms with van der Waals surface area (Å²) in [7, 11) is 0. The maximum absolute atomic E-state index is 2.39. The van der Waals surface area contributed by atoms with E-state index >= 15 is 0 Å². The number of hydrogen-bond donors (Lipinski definition) is 0. The van der Waals surface area contributed by atoms with Crippen molar-refractivity contribution in [3.05, 3.63) is 84.2 Å². The number of halogens is 4. The molecule has 0 aliphatic heterocycles. The van der Waals surface area contributed by atoms with Gasteiger partial charge in [-0.3, -0.25) is 0 Å². The van der Waals surface area contributed by atoms with Gasteiger partial charge in [-0.1, -0.05) is 42.5 Å². The number of nitrogens with zero attached hydrogens (tertiary/aromatic N) is 2. The third-order valence-electron chi connectivity index (χ3n) is 4.59. The molecule has 0 unspecified atom stereocenters. The van der Waals surface area contributed by atoms with Gasteiger partial charge in [0.15, 0.2) is 11.0 Å². The second kappa shape index (κ2) is 9.08. The summed E-state index contributed by atoms with van der Waals surface area (Å²) in [6.07, 6.45) is 0. The molecule has 6 heteroatoms. The molecule has 3 aromatic carbocycles. The van der Waals surface area contributed by atoms with Crippen LogP contribution in [0.5, 0.6) is 0 Å². The monoisotopic (exact) mass is 802 g/mol. The molecule has 2 nitrogen and oxygen atoms in total. The van der Waals surface area contributed by atoms with Crippen molar-refractivity contribution in [2.75, 3.05) is 0 Å². The molecule has 0 fully saturated rings. The third-order valence-corrected chi connectivity index (χ3v) is 5.18. The van der Waals surface area contributed by atoms with Crippen molar-refractivity contribution in [1.29, 1.82) is 0 Å². The van der Waals surface area contributed by atoms with Crippen LogP contribution in [0.4, 0.5) is 0 Å². The first-order valence-electron chi connectivity index (χ1n) is 8.20. The fourth-order valence-corrected chi connectivity index (χ4v) is 4.24. The SMILES string of the molecule is I/C=c1\c2ccccc2c2n1c1ccccc1[n+]2-c1ccccc1.I[I-]I. The summed E-state index contributed by atoms with van der Waals surface area (Å²) in [5.41, 5.74) is 4.87. The fourth-order valence-electron chi connectivity index (χ4n) is 3.62. The van der Waals surface area contributed by atoms with Crippen molar-refractivity contribution in [3.8, 4) is 5.69 Å². The van der Waals surface area contributed by atoms with Gasteiger partial charge in [-0.15, -0.1) is 0 Å². The van der Waals surface area contributed by atoms with Gasteiger partial charge in [0.05, 0.1) is 5.39 Å². The van der Waals surface area contributed by atoms with Crippen LogP contribution in [0.25, 0.3) is 37.2 Å². The van der Waals surface area contributed by atoms with Crippen LogP contribution in [0, 0.1) is 0 Å². The van der Waals surface area contributed by atoms with Gasteiger partial charge in [0.2, 0.25) is 0 Å². The fraction of sp³-hybridized carbons (Fsp3) is 0. The predicted octanol–water partition coefficient (Wildman–Crippen LogP) is 3.19. The number of para-hydroxylation sites is 3. The first-order chi connectivity index (χ1) is 13.3. The van der Waals surface area contributed by atoms with Gasteiger partial charge in [-0.2, -0.15) is 8.97 Å². The number of fused-ring (bicyclic) bond motifs is 5. The zero-order valence-corrected chi connectivity index (χ0v) is 22.6. The third kappa shape index (κ3) is 3.59. The first-order valence-corrected chi connectivity index (χ1v) is 22.0. The van der Waals surface area contributed by atoms with E-state index in [9.17, 15) is 0 Å². The molecular formula is C21H14I4N2. The molecule has 5 aromatic rings. The topological polar surface area (TPSA) is 8.29 Å². The van der Waals surface area contributed by atoms with Gasteiger partial charge < -0.3 is 0 Å². The van der Waals surface area contributed by atoms with Gasteiger partial charge in [-0.05, 0) is 59.0 Å². The second-order valence-electron chi connectivity index (χ2n) is 5.91. The van der Waals surface area contributed by atoms with Crippen LogP contribution < -0.4 is 23.2 Å². The van der Waals surface area contributed by atoms with Crippen LogP contribution in [0.3, 0.4) is 0 Å². The van der Waals surface area contributed by atoms with E-state index < -0.39 is 0 Å². The van der Waals surface area contributed by atoms with Crippen LogP contribution in [0.1, 0.15) is 0 Å². The molecule has 0 radical (unpaired) electrons. The van der Waals surface area contributed by atoms with Crippen molar-refractivity contribution < 1.29 is 17.8 Å². The summed E-state index contributed by atoms with van der Waals surface area (Å²) in [6, 6.07) is 27.8. The van der Waals surface area contributed by atoms with E-state index in [4.69, 9.17) is 0 Å². The quantitative estimate of drug-likeness (QED) is 0.182. The Labute approximate surface area is 200 Å². The summed E-state index contributed by atoms with van der Waals surface area (Å²) in [4.78, 5) is 0. The van der Waals surface area contributed by atoms with Gasteiger partial charge in [0.1, 0.15) is 11.0 Å². The van der Waals surface area contributed by atoms with E-state index in [2.05, 4.69) is 152 Å². The summed E-state index contributed by atoms with van der Waals surface area (Å²) in [6.45, 7) is 0. The molecule has 0 spiro atoms. The van der Waals surface area contributed by atoms with Crippen molar-refractivity contribution in [3.63, 3.8) is 0 Å². The Bertz CT molecular complexity index is 1270. The predicted molar refractivity (Wildman–Crippen MR) is 136 cm³/mol. The van der Waals surface area contributed by atoms with Crippen LogP contribution >= 0.6 is 59.8 Å². The molecule has 0 bridgehead atoms. The van der Waals surface area contributed by atoms with Crippen molar-refractivity contribution in [2.45, 2.75) is 0 Å².